The molecule has 92 valence electrons. The van der Waals surface area contributed by atoms with Crippen molar-refractivity contribution in [1.82, 2.24) is 4.90 Å². The molecule has 1 heterocycles. The zero-order valence-electron chi connectivity index (χ0n) is 10.7. The minimum absolute atomic E-state index is 0.0823. The van der Waals surface area contributed by atoms with E-state index < -0.39 is 5.41 Å². The molecule has 0 unspecified atom stereocenters. The number of amides is 1. The first-order valence-electron chi connectivity index (χ1n) is 6.06. The van der Waals surface area contributed by atoms with Crippen LogP contribution in [0.1, 0.15) is 32.4 Å². The predicted octanol–water partition coefficient (Wildman–Crippen LogP) is 1.94. The van der Waals surface area contributed by atoms with E-state index in [9.17, 15) is 4.79 Å². The Kier molecular flexibility index (Phi) is 2.96. The Labute approximate surface area is 103 Å². The van der Waals surface area contributed by atoms with Gasteiger partial charge in [0.15, 0.2) is 0 Å². The molecular formula is C14H20N2O. The molecule has 2 atom stereocenters. The van der Waals surface area contributed by atoms with E-state index in [1.54, 1.807) is 0 Å². The summed E-state index contributed by atoms with van der Waals surface area (Å²) in [4.78, 5) is 14.2. The van der Waals surface area contributed by atoms with E-state index in [0.29, 0.717) is 6.54 Å². The second-order valence-electron chi connectivity index (χ2n) is 5.37. The quantitative estimate of drug-likeness (QED) is 0.847. The Morgan fingerprint density at radius 2 is 1.94 bits per heavy atom. The predicted molar refractivity (Wildman–Crippen MR) is 68.3 cm³/mol. The van der Waals surface area contributed by atoms with Crippen molar-refractivity contribution in [1.29, 1.82) is 0 Å². The lowest BCUT2D eigenvalue weighted by atomic mass is 9.88. The summed E-state index contributed by atoms with van der Waals surface area (Å²) in [5.41, 5.74) is 6.76. The maximum Gasteiger partial charge on any atom is 0.230 e. The highest BCUT2D eigenvalue weighted by molar-refractivity contribution is 5.85. The van der Waals surface area contributed by atoms with E-state index in [4.69, 9.17) is 5.73 Å². The normalized spacial score (nSPS) is 25.1. The maximum absolute atomic E-state index is 12.3. The van der Waals surface area contributed by atoms with Gasteiger partial charge in [0.05, 0.1) is 11.5 Å². The van der Waals surface area contributed by atoms with Crippen LogP contribution >= 0.6 is 0 Å². The van der Waals surface area contributed by atoms with Gasteiger partial charge in [0, 0.05) is 12.6 Å². The Morgan fingerprint density at radius 1 is 1.35 bits per heavy atom. The molecule has 2 rings (SSSR count). The number of benzene rings is 1. The molecule has 1 amide bonds. The zero-order valence-corrected chi connectivity index (χ0v) is 10.7. The van der Waals surface area contributed by atoms with Crippen molar-refractivity contribution in [3.05, 3.63) is 35.9 Å². The number of nitrogens with zero attached hydrogens (tertiary/aromatic N) is 1. The molecule has 0 radical (unpaired) electrons. The first-order chi connectivity index (χ1) is 7.94. The molecule has 17 heavy (non-hydrogen) atoms. The monoisotopic (exact) mass is 232 g/mol. The van der Waals surface area contributed by atoms with Crippen LogP contribution in [0.15, 0.2) is 30.3 Å². The average Bonchev–Trinajstić information content (AvgIpc) is 2.53. The SMILES string of the molecule is C[C@H](c1ccccc1)N1C[C@H](N)C(C)(C)C1=O. The molecule has 3 heteroatoms. The minimum atomic E-state index is -0.441. The van der Waals surface area contributed by atoms with Gasteiger partial charge >= 0.3 is 0 Å². The van der Waals surface area contributed by atoms with Crippen LogP contribution in [0.3, 0.4) is 0 Å². The van der Waals surface area contributed by atoms with Crippen molar-refractivity contribution in [2.45, 2.75) is 32.9 Å². The molecular weight excluding hydrogens is 212 g/mol. The third kappa shape index (κ3) is 1.95. The van der Waals surface area contributed by atoms with Crippen LogP contribution in [-0.2, 0) is 4.79 Å². The standard InChI is InChI=1S/C14H20N2O/c1-10(11-7-5-4-6-8-11)16-9-12(15)14(2,3)13(16)17/h4-8,10,12H,9,15H2,1-3H3/t10-,12+/m1/s1. The number of rotatable bonds is 2. The molecule has 0 aromatic heterocycles. The van der Waals surface area contributed by atoms with Crippen molar-refractivity contribution in [3.8, 4) is 0 Å². The summed E-state index contributed by atoms with van der Waals surface area (Å²) in [6.45, 7) is 6.55. The van der Waals surface area contributed by atoms with Crippen LogP contribution in [-0.4, -0.2) is 23.4 Å². The van der Waals surface area contributed by atoms with Crippen molar-refractivity contribution in [2.75, 3.05) is 6.54 Å². The van der Waals surface area contributed by atoms with Crippen molar-refractivity contribution in [3.63, 3.8) is 0 Å². The van der Waals surface area contributed by atoms with Gasteiger partial charge in [0.25, 0.3) is 0 Å². The second-order valence-corrected chi connectivity index (χ2v) is 5.37. The molecule has 1 aliphatic heterocycles. The zero-order chi connectivity index (χ0) is 12.6. The summed E-state index contributed by atoms with van der Waals surface area (Å²) in [7, 11) is 0. The summed E-state index contributed by atoms with van der Waals surface area (Å²) < 4.78 is 0. The average molecular weight is 232 g/mol. The number of nitrogens with two attached hydrogens (primary N) is 1. The lowest BCUT2D eigenvalue weighted by Gasteiger charge is -2.26. The number of carbonyl (C=O) groups excluding carboxylic acids is 1. The lowest BCUT2D eigenvalue weighted by molar-refractivity contribution is -0.136. The van der Waals surface area contributed by atoms with Gasteiger partial charge in [-0.2, -0.15) is 0 Å². The first-order valence-corrected chi connectivity index (χ1v) is 6.06. The smallest absolute Gasteiger partial charge is 0.230 e. The fraction of sp³-hybridized carbons (Fsp3) is 0.500. The fourth-order valence-corrected chi connectivity index (χ4v) is 2.30. The minimum Gasteiger partial charge on any atom is -0.334 e. The summed E-state index contributed by atoms with van der Waals surface area (Å²) in [6.07, 6.45) is 0. The molecule has 0 bridgehead atoms. The lowest BCUT2D eigenvalue weighted by Crippen LogP contribution is -2.37. The molecule has 1 saturated heterocycles. The Morgan fingerprint density at radius 3 is 2.41 bits per heavy atom. The summed E-state index contributed by atoms with van der Waals surface area (Å²) in [5, 5.41) is 0. The number of likely N-dealkylation sites (tertiary alicyclic amines) is 1. The highest BCUT2D eigenvalue weighted by Gasteiger charge is 2.46. The highest BCUT2D eigenvalue weighted by Crippen LogP contribution is 2.35. The number of carbonyl (C=O) groups is 1. The third-order valence-electron chi connectivity index (χ3n) is 3.88. The Balaban J connectivity index is 2.23. The summed E-state index contributed by atoms with van der Waals surface area (Å²) in [5.74, 6) is 0.154. The van der Waals surface area contributed by atoms with Gasteiger partial charge in [-0.15, -0.1) is 0 Å². The van der Waals surface area contributed by atoms with E-state index in [0.717, 1.165) is 5.56 Å². The molecule has 0 spiro atoms. The topological polar surface area (TPSA) is 46.3 Å². The van der Waals surface area contributed by atoms with Crippen LogP contribution in [0.4, 0.5) is 0 Å². The largest absolute Gasteiger partial charge is 0.334 e. The molecule has 0 aliphatic carbocycles. The van der Waals surface area contributed by atoms with E-state index in [2.05, 4.69) is 19.1 Å². The van der Waals surface area contributed by atoms with Gasteiger partial charge in [0.2, 0.25) is 5.91 Å². The van der Waals surface area contributed by atoms with Crippen molar-refractivity contribution in [2.24, 2.45) is 11.1 Å². The van der Waals surface area contributed by atoms with Crippen LogP contribution in [0.5, 0.6) is 0 Å². The van der Waals surface area contributed by atoms with E-state index in [1.165, 1.54) is 0 Å². The van der Waals surface area contributed by atoms with E-state index >= 15 is 0 Å². The van der Waals surface area contributed by atoms with Crippen molar-refractivity contribution < 1.29 is 4.79 Å². The highest BCUT2D eigenvalue weighted by atomic mass is 16.2. The molecule has 3 nitrogen and oxygen atoms in total. The van der Waals surface area contributed by atoms with Crippen LogP contribution in [0.25, 0.3) is 0 Å². The molecule has 1 fully saturated rings. The van der Waals surface area contributed by atoms with E-state index in [-0.39, 0.29) is 18.0 Å². The van der Waals surface area contributed by atoms with Gasteiger partial charge in [0.1, 0.15) is 0 Å². The van der Waals surface area contributed by atoms with Gasteiger partial charge in [-0.05, 0) is 26.3 Å². The van der Waals surface area contributed by atoms with Crippen LogP contribution < -0.4 is 5.73 Å². The van der Waals surface area contributed by atoms with Gasteiger partial charge < -0.3 is 10.6 Å². The number of hydrogen-bond donors (Lipinski definition) is 1. The van der Waals surface area contributed by atoms with Gasteiger partial charge in [-0.25, -0.2) is 0 Å². The first kappa shape index (κ1) is 12.1. The van der Waals surface area contributed by atoms with Gasteiger partial charge in [-0.3, -0.25) is 4.79 Å². The molecule has 2 N–H and O–H groups in total. The van der Waals surface area contributed by atoms with E-state index in [1.807, 2.05) is 36.9 Å². The summed E-state index contributed by atoms with van der Waals surface area (Å²) in [6, 6.07) is 10.1. The van der Waals surface area contributed by atoms with Crippen molar-refractivity contribution >= 4 is 5.91 Å². The number of hydrogen-bond acceptors (Lipinski definition) is 2. The molecule has 1 aliphatic rings. The van der Waals surface area contributed by atoms with Crippen LogP contribution in [0, 0.1) is 5.41 Å². The Hall–Kier alpha value is -1.35. The fourth-order valence-electron chi connectivity index (χ4n) is 2.30. The second kappa shape index (κ2) is 4.15. The van der Waals surface area contributed by atoms with Crippen LogP contribution in [0.2, 0.25) is 0 Å². The maximum atomic E-state index is 12.3. The third-order valence-corrected chi connectivity index (χ3v) is 3.88. The summed E-state index contributed by atoms with van der Waals surface area (Å²) >= 11 is 0. The molecule has 1 aromatic rings. The molecule has 1 aromatic carbocycles. The van der Waals surface area contributed by atoms with Gasteiger partial charge in [-0.1, -0.05) is 30.3 Å². The Bertz CT molecular complexity index is 413. The molecule has 0 saturated carbocycles.